The highest BCUT2D eigenvalue weighted by Gasteiger charge is 2.32. The van der Waals surface area contributed by atoms with E-state index in [1.54, 1.807) is 0 Å². The summed E-state index contributed by atoms with van der Waals surface area (Å²) in [6.07, 6.45) is 5.43. The number of nitrogens with one attached hydrogen (secondary N) is 2. The number of anilines is 1. The van der Waals surface area contributed by atoms with Crippen molar-refractivity contribution in [2.45, 2.75) is 43.8 Å². The van der Waals surface area contributed by atoms with Crippen LogP contribution in [0.4, 0.5) is 10.1 Å². The lowest BCUT2D eigenvalue weighted by atomic mass is 9.99. The fourth-order valence-corrected chi connectivity index (χ4v) is 3.59. The lowest BCUT2D eigenvalue weighted by Crippen LogP contribution is -2.28. The Bertz CT molecular complexity index is 710. The number of carbonyl (C=O) groups excluding carboxylic acids is 2. The molecule has 1 aromatic carbocycles. The number of hydrogen-bond acceptors (Lipinski definition) is 5. The molecular weight excluding hydrogens is 343 g/mol. The van der Waals surface area contributed by atoms with Crippen LogP contribution in [0.15, 0.2) is 34.5 Å². The number of hydrogen-bond donors (Lipinski definition) is 2. The smallest absolute Gasteiger partial charge is 0.240 e. The molecule has 3 rings (SSSR count). The summed E-state index contributed by atoms with van der Waals surface area (Å²) in [5.74, 6) is -0.926. The Labute approximate surface area is 149 Å². The van der Waals surface area contributed by atoms with Crippen molar-refractivity contribution in [1.29, 1.82) is 0 Å². The van der Waals surface area contributed by atoms with Crippen LogP contribution in [0.2, 0.25) is 0 Å². The van der Waals surface area contributed by atoms with E-state index < -0.39 is 5.25 Å². The predicted octanol–water partition coefficient (Wildman–Crippen LogP) is 3.06. The van der Waals surface area contributed by atoms with Crippen molar-refractivity contribution in [1.82, 2.24) is 5.32 Å². The van der Waals surface area contributed by atoms with Gasteiger partial charge in [0, 0.05) is 17.8 Å². The Morgan fingerprint density at radius 2 is 1.92 bits per heavy atom. The number of benzene rings is 1. The summed E-state index contributed by atoms with van der Waals surface area (Å²) in [5.41, 5.74) is 1.55. The number of amides is 2. The molecule has 2 N–H and O–H groups in total. The number of rotatable bonds is 4. The molecule has 0 aromatic heterocycles. The fourth-order valence-electron chi connectivity index (χ4n) is 2.68. The van der Waals surface area contributed by atoms with Gasteiger partial charge in [0.15, 0.2) is 5.17 Å². The second-order valence-electron chi connectivity index (χ2n) is 5.99. The van der Waals surface area contributed by atoms with Gasteiger partial charge in [0.2, 0.25) is 11.8 Å². The third-order valence-corrected chi connectivity index (χ3v) is 5.06. The van der Waals surface area contributed by atoms with E-state index in [-0.39, 0.29) is 24.1 Å². The van der Waals surface area contributed by atoms with Crippen LogP contribution in [0.25, 0.3) is 0 Å². The lowest BCUT2D eigenvalue weighted by molar-refractivity contribution is -0.122. The van der Waals surface area contributed by atoms with Crippen molar-refractivity contribution in [3.8, 4) is 0 Å². The van der Waals surface area contributed by atoms with Crippen LogP contribution >= 0.6 is 11.8 Å². The number of amidine groups is 1. The summed E-state index contributed by atoms with van der Waals surface area (Å²) in [5, 5.41) is 13.5. The molecule has 8 heteroatoms. The third kappa shape index (κ3) is 5.12. The van der Waals surface area contributed by atoms with Crippen LogP contribution in [-0.4, -0.2) is 27.9 Å². The van der Waals surface area contributed by atoms with E-state index in [1.165, 1.54) is 42.4 Å². The Hall–Kier alpha value is -2.22. The topological polar surface area (TPSA) is 82.9 Å². The second-order valence-corrected chi connectivity index (χ2v) is 7.18. The van der Waals surface area contributed by atoms with Gasteiger partial charge in [-0.15, -0.1) is 5.10 Å². The van der Waals surface area contributed by atoms with Crippen molar-refractivity contribution in [2.24, 2.45) is 10.2 Å². The van der Waals surface area contributed by atoms with Gasteiger partial charge in [0.25, 0.3) is 0 Å². The van der Waals surface area contributed by atoms with Crippen molar-refractivity contribution in [3.63, 3.8) is 0 Å². The standard InChI is InChI=1S/C17H19FN4O2S/c18-11-6-8-12(9-7-11)19-15(23)10-14-16(24)20-17(25-14)22-21-13-4-2-1-3-5-13/h6-9,14H,1-5,10H2,(H,19,23)(H,20,22,24)/t14-/m1/s1. The van der Waals surface area contributed by atoms with Gasteiger partial charge in [-0.2, -0.15) is 5.10 Å². The first-order valence-electron chi connectivity index (χ1n) is 8.26. The highest BCUT2D eigenvalue weighted by molar-refractivity contribution is 8.15. The van der Waals surface area contributed by atoms with E-state index in [1.807, 2.05) is 0 Å². The molecule has 1 aromatic rings. The summed E-state index contributed by atoms with van der Waals surface area (Å²) < 4.78 is 12.9. The summed E-state index contributed by atoms with van der Waals surface area (Å²) in [6, 6.07) is 5.48. The average Bonchev–Trinajstić information content (AvgIpc) is 2.96. The van der Waals surface area contributed by atoms with Gasteiger partial charge >= 0.3 is 0 Å². The van der Waals surface area contributed by atoms with Crippen LogP contribution in [-0.2, 0) is 9.59 Å². The van der Waals surface area contributed by atoms with Gasteiger partial charge in [0.1, 0.15) is 11.1 Å². The molecule has 1 atom stereocenters. The van der Waals surface area contributed by atoms with Gasteiger partial charge in [-0.25, -0.2) is 4.39 Å². The normalized spacial score (nSPS) is 22.0. The summed E-state index contributed by atoms with van der Waals surface area (Å²) in [4.78, 5) is 24.0. The quantitative estimate of drug-likeness (QED) is 0.808. The van der Waals surface area contributed by atoms with Gasteiger partial charge in [-0.3, -0.25) is 9.59 Å². The minimum Gasteiger partial charge on any atom is -0.326 e. The van der Waals surface area contributed by atoms with Gasteiger partial charge < -0.3 is 10.6 Å². The molecule has 132 valence electrons. The number of halogens is 1. The zero-order valence-corrected chi connectivity index (χ0v) is 14.4. The van der Waals surface area contributed by atoms with E-state index in [0.29, 0.717) is 10.9 Å². The fraction of sp³-hybridized carbons (Fsp3) is 0.412. The lowest BCUT2D eigenvalue weighted by Gasteiger charge is -2.10. The zero-order chi connectivity index (χ0) is 17.6. The van der Waals surface area contributed by atoms with Crippen molar-refractivity contribution in [3.05, 3.63) is 30.1 Å². The molecule has 1 saturated carbocycles. The molecule has 1 saturated heterocycles. The highest BCUT2D eigenvalue weighted by Crippen LogP contribution is 2.23. The van der Waals surface area contributed by atoms with Crippen LogP contribution in [0.1, 0.15) is 38.5 Å². The molecule has 1 heterocycles. The van der Waals surface area contributed by atoms with Gasteiger partial charge in [0.05, 0.1) is 0 Å². The Balaban J connectivity index is 1.53. The zero-order valence-electron chi connectivity index (χ0n) is 13.6. The van der Waals surface area contributed by atoms with Crippen LogP contribution in [0.5, 0.6) is 0 Å². The first-order chi connectivity index (χ1) is 12.1. The number of thioether (sulfide) groups is 1. The van der Waals surface area contributed by atoms with Crippen LogP contribution < -0.4 is 10.6 Å². The summed E-state index contributed by atoms with van der Waals surface area (Å²) in [6.45, 7) is 0. The van der Waals surface area contributed by atoms with Gasteiger partial charge in [-0.05, 0) is 49.9 Å². The van der Waals surface area contributed by atoms with E-state index in [9.17, 15) is 14.0 Å². The maximum Gasteiger partial charge on any atom is 0.240 e. The molecule has 1 aliphatic carbocycles. The number of carbonyl (C=O) groups is 2. The molecule has 2 aliphatic rings. The van der Waals surface area contributed by atoms with E-state index >= 15 is 0 Å². The summed E-state index contributed by atoms with van der Waals surface area (Å²) in [7, 11) is 0. The van der Waals surface area contributed by atoms with E-state index in [0.717, 1.165) is 31.4 Å². The molecule has 2 fully saturated rings. The summed E-state index contributed by atoms with van der Waals surface area (Å²) >= 11 is 1.21. The molecule has 0 bridgehead atoms. The number of nitrogens with zero attached hydrogens (tertiary/aromatic N) is 2. The monoisotopic (exact) mass is 362 g/mol. The van der Waals surface area contributed by atoms with Crippen molar-refractivity contribution in [2.75, 3.05) is 5.32 Å². The second kappa shape index (κ2) is 8.24. The maximum atomic E-state index is 12.9. The SMILES string of the molecule is O=C(C[C@H]1S/C(=N/N=C2CCCCC2)NC1=O)Nc1ccc(F)cc1. The average molecular weight is 362 g/mol. The first-order valence-corrected chi connectivity index (χ1v) is 9.14. The van der Waals surface area contributed by atoms with Crippen molar-refractivity contribution < 1.29 is 14.0 Å². The predicted molar refractivity (Wildman–Crippen MR) is 97.1 cm³/mol. The molecule has 0 radical (unpaired) electrons. The van der Waals surface area contributed by atoms with E-state index in [4.69, 9.17) is 0 Å². The van der Waals surface area contributed by atoms with Crippen LogP contribution in [0, 0.1) is 5.82 Å². The molecule has 25 heavy (non-hydrogen) atoms. The Morgan fingerprint density at radius 1 is 1.20 bits per heavy atom. The molecular formula is C17H19FN4O2S. The van der Waals surface area contributed by atoms with Gasteiger partial charge in [-0.1, -0.05) is 18.2 Å². The Morgan fingerprint density at radius 3 is 2.64 bits per heavy atom. The molecule has 0 unspecified atom stereocenters. The molecule has 1 aliphatic heterocycles. The third-order valence-electron chi connectivity index (χ3n) is 3.99. The molecule has 2 amide bonds. The molecule has 6 nitrogen and oxygen atoms in total. The largest absolute Gasteiger partial charge is 0.326 e. The van der Waals surface area contributed by atoms with Crippen LogP contribution in [0.3, 0.4) is 0 Å². The Kier molecular flexibility index (Phi) is 5.80. The minimum atomic E-state index is -0.536. The van der Waals surface area contributed by atoms with Crippen molar-refractivity contribution >= 4 is 40.1 Å². The molecule has 0 spiro atoms. The van der Waals surface area contributed by atoms with E-state index in [2.05, 4.69) is 20.8 Å². The maximum absolute atomic E-state index is 12.9. The first kappa shape index (κ1) is 17.6. The highest BCUT2D eigenvalue weighted by atomic mass is 32.2. The minimum absolute atomic E-state index is 0.0173.